The van der Waals surface area contributed by atoms with Crippen molar-refractivity contribution in [1.29, 1.82) is 0 Å². The van der Waals surface area contributed by atoms with Crippen LogP contribution in [0.25, 0.3) is 0 Å². The molecule has 1 atom stereocenters. The second-order valence-electron chi connectivity index (χ2n) is 6.56. The molecule has 0 aliphatic carbocycles. The Kier molecular flexibility index (Phi) is 5.12. The fourth-order valence-corrected chi connectivity index (χ4v) is 3.40. The van der Waals surface area contributed by atoms with Crippen LogP contribution in [0.2, 0.25) is 0 Å². The van der Waals surface area contributed by atoms with E-state index in [4.69, 9.17) is 0 Å². The minimum atomic E-state index is -0.140. The van der Waals surface area contributed by atoms with Crippen molar-refractivity contribution in [1.82, 2.24) is 10.3 Å². The summed E-state index contributed by atoms with van der Waals surface area (Å²) in [5, 5.41) is 6.51. The van der Waals surface area contributed by atoms with Crippen molar-refractivity contribution >= 4 is 17.4 Å². The Labute approximate surface area is 159 Å². The maximum Gasteiger partial charge on any atom is 0.259 e. The van der Waals surface area contributed by atoms with E-state index < -0.39 is 0 Å². The molecule has 0 saturated carbocycles. The number of rotatable bonds is 4. The van der Waals surface area contributed by atoms with Gasteiger partial charge in [-0.3, -0.25) is 4.79 Å². The van der Waals surface area contributed by atoms with E-state index in [1.165, 1.54) is 5.56 Å². The number of para-hydroxylation sites is 1. The van der Waals surface area contributed by atoms with Crippen LogP contribution in [-0.2, 0) is 0 Å². The number of hydrogen-bond acceptors (Lipinski definition) is 4. The van der Waals surface area contributed by atoms with Crippen LogP contribution in [0.4, 0.5) is 11.5 Å². The summed E-state index contributed by atoms with van der Waals surface area (Å²) in [6, 6.07) is 23.7. The average Bonchev–Trinajstić information content (AvgIpc) is 2.75. The van der Waals surface area contributed by atoms with E-state index in [9.17, 15) is 4.79 Å². The molecular weight excluding hydrogens is 336 g/mol. The summed E-state index contributed by atoms with van der Waals surface area (Å²) < 4.78 is 0. The number of nitrogens with zero attached hydrogens (tertiary/aromatic N) is 2. The lowest BCUT2D eigenvalue weighted by atomic mass is 10.0. The molecule has 4 rings (SSSR count). The standard InChI is InChI=1S/C22H22N4O/c27-22(25-18-10-5-2-6-11-18)19-12-7-13-24-21(19)26-15-14-23-20(16-26)17-8-3-1-4-9-17/h1-13,20,23H,14-16H2,(H,25,27)/t20-/m0/s1. The number of benzene rings is 2. The van der Waals surface area contributed by atoms with E-state index in [-0.39, 0.29) is 11.9 Å². The van der Waals surface area contributed by atoms with Crippen molar-refractivity contribution in [3.8, 4) is 0 Å². The smallest absolute Gasteiger partial charge is 0.259 e. The van der Waals surface area contributed by atoms with Crippen LogP contribution < -0.4 is 15.5 Å². The average molecular weight is 358 g/mol. The molecule has 1 aromatic heterocycles. The van der Waals surface area contributed by atoms with Gasteiger partial charge >= 0.3 is 0 Å². The van der Waals surface area contributed by atoms with E-state index in [0.717, 1.165) is 31.1 Å². The molecule has 1 aliphatic rings. The van der Waals surface area contributed by atoms with Gasteiger partial charge in [0.05, 0.1) is 5.56 Å². The lowest BCUT2D eigenvalue weighted by Crippen LogP contribution is -2.46. The Balaban J connectivity index is 1.56. The van der Waals surface area contributed by atoms with Crippen molar-refractivity contribution in [3.63, 3.8) is 0 Å². The third-order valence-electron chi connectivity index (χ3n) is 4.74. The number of hydrogen-bond donors (Lipinski definition) is 2. The highest BCUT2D eigenvalue weighted by molar-refractivity contribution is 6.07. The lowest BCUT2D eigenvalue weighted by molar-refractivity contribution is 0.102. The third kappa shape index (κ3) is 3.99. The van der Waals surface area contributed by atoms with Crippen molar-refractivity contribution < 1.29 is 4.79 Å². The Bertz CT molecular complexity index is 898. The normalized spacial score (nSPS) is 16.7. The van der Waals surface area contributed by atoms with E-state index in [1.807, 2.05) is 42.5 Å². The summed E-state index contributed by atoms with van der Waals surface area (Å²) in [7, 11) is 0. The van der Waals surface area contributed by atoms with Crippen LogP contribution in [0.15, 0.2) is 79.0 Å². The first-order valence-corrected chi connectivity index (χ1v) is 9.16. The van der Waals surface area contributed by atoms with Gasteiger partial charge in [-0.05, 0) is 29.8 Å². The van der Waals surface area contributed by atoms with E-state index in [2.05, 4.69) is 44.8 Å². The molecule has 0 radical (unpaired) electrons. The molecule has 3 aromatic rings. The van der Waals surface area contributed by atoms with Gasteiger partial charge in [-0.1, -0.05) is 48.5 Å². The molecule has 5 heteroatoms. The fraction of sp³-hybridized carbons (Fsp3) is 0.182. The highest BCUT2D eigenvalue weighted by Gasteiger charge is 2.25. The van der Waals surface area contributed by atoms with Gasteiger partial charge in [-0.25, -0.2) is 4.98 Å². The van der Waals surface area contributed by atoms with Crippen LogP contribution in [-0.4, -0.2) is 30.5 Å². The number of carbonyl (C=O) groups excluding carboxylic acids is 1. The monoisotopic (exact) mass is 358 g/mol. The number of pyridine rings is 1. The fourth-order valence-electron chi connectivity index (χ4n) is 3.40. The predicted molar refractivity (Wildman–Crippen MR) is 108 cm³/mol. The Morgan fingerprint density at radius 2 is 1.74 bits per heavy atom. The molecule has 2 heterocycles. The highest BCUT2D eigenvalue weighted by atomic mass is 16.1. The Morgan fingerprint density at radius 3 is 2.52 bits per heavy atom. The molecule has 1 fully saturated rings. The molecular formula is C22H22N4O. The summed E-state index contributed by atoms with van der Waals surface area (Å²) in [5.41, 5.74) is 2.61. The van der Waals surface area contributed by atoms with Crippen LogP contribution >= 0.6 is 0 Å². The first-order chi connectivity index (χ1) is 13.3. The van der Waals surface area contributed by atoms with E-state index in [1.54, 1.807) is 12.3 Å². The number of aromatic nitrogens is 1. The van der Waals surface area contributed by atoms with E-state index >= 15 is 0 Å². The number of anilines is 2. The predicted octanol–water partition coefficient (Wildman–Crippen LogP) is 3.48. The lowest BCUT2D eigenvalue weighted by Gasteiger charge is -2.35. The molecule has 2 aromatic carbocycles. The van der Waals surface area contributed by atoms with E-state index in [0.29, 0.717) is 5.56 Å². The SMILES string of the molecule is O=C(Nc1ccccc1)c1cccnc1N1CCN[C@H](c2ccccc2)C1. The van der Waals surface area contributed by atoms with Crippen molar-refractivity contribution in [2.24, 2.45) is 0 Å². The van der Waals surface area contributed by atoms with Gasteiger partial charge in [0.25, 0.3) is 5.91 Å². The first-order valence-electron chi connectivity index (χ1n) is 9.16. The van der Waals surface area contributed by atoms with Gasteiger partial charge in [0, 0.05) is 37.6 Å². The molecule has 1 saturated heterocycles. The number of nitrogens with one attached hydrogen (secondary N) is 2. The van der Waals surface area contributed by atoms with Gasteiger partial charge in [0.1, 0.15) is 5.82 Å². The van der Waals surface area contributed by atoms with Gasteiger partial charge in [-0.15, -0.1) is 0 Å². The summed E-state index contributed by atoms with van der Waals surface area (Å²) in [6.07, 6.45) is 1.74. The van der Waals surface area contributed by atoms with Crippen LogP contribution in [0.3, 0.4) is 0 Å². The molecule has 0 spiro atoms. The molecule has 1 amide bonds. The highest BCUT2D eigenvalue weighted by Crippen LogP contribution is 2.24. The third-order valence-corrected chi connectivity index (χ3v) is 4.74. The quantitative estimate of drug-likeness (QED) is 0.750. The first kappa shape index (κ1) is 17.2. The molecule has 0 bridgehead atoms. The molecule has 136 valence electrons. The maximum absolute atomic E-state index is 12.8. The molecule has 1 aliphatic heterocycles. The van der Waals surface area contributed by atoms with Gasteiger partial charge < -0.3 is 15.5 Å². The zero-order chi connectivity index (χ0) is 18.5. The Hall–Kier alpha value is -3.18. The topological polar surface area (TPSA) is 57.3 Å². The second-order valence-corrected chi connectivity index (χ2v) is 6.56. The van der Waals surface area contributed by atoms with Crippen LogP contribution in [0, 0.1) is 0 Å². The minimum absolute atomic E-state index is 0.140. The molecule has 0 unspecified atom stereocenters. The Morgan fingerprint density at radius 1 is 1.00 bits per heavy atom. The van der Waals surface area contributed by atoms with Gasteiger partial charge in [0.2, 0.25) is 0 Å². The number of piperazine rings is 1. The number of amides is 1. The zero-order valence-electron chi connectivity index (χ0n) is 15.0. The largest absolute Gasteiger partial charge is 0.353 e. The van der Waals surface area contributed by atoms with Crippen molar-refractivity contribution in [2.45, 2.75) is 6.04 Å². The van der Waals surface area contributed by atoms with Crippen LogP contribution in [0.1, 0.15) is 22.0 Å². The van der Waals surface area contributed by atoms with Crippen molar-refractivity contribution in [2.75, 3.05) is 29.9 Å². The summed E-state index contributed by atoms with van der Waals surface area (Å²) in [5.74, 6) is 0.590. The second kappa shape index (κ2) is 8.01. The number of carbonyl (C=O) groups is 1. The zero-order valence-corrected chi connectivity index (χ0v) is 15.0. The minimum Gasteiger partial charge on any atom is -0.353 e. The summed E-state index contributed by atoms with van der Waals surface area (Å²) >= 11 is 0. The summed E-state index contributed by atoms with van der Waals surface area (Å²) in [4.78, 5) is 19.6. The van der Waals surface area contributed by atoms with Crippen LogP contribution in [0.5, 0.6) is 0 Å². The molecule has 27 heavy (non-hydrogen) atoms. The van der Waals surface area contributed by atoms with Gasteiger partial charge in [-0.2, -0.15) is 0 Å². The maximum atomic E-state index is 12.8. The van der Waals surface area contributed by atoms with Gasteiger partial charge in [0.15, 0.2) is 0 Å². The summed E-state index contributed by atoms with van der Waals surface area (Å²) in [6.45, 7) is 2.43. The molecule has 2 N–H and O–H groups in total. The van der Waals surface area contributed by atoms with Crippen molar-refractivity contribution in [3.05, 3.63) is 90.1 Å². The molecule has 5 nitrogen and oxygen atoms in total.